The van der Waals surface area contributed by atoms with Crippen LogP contribution in [0.5, 0.6) is 0 Å². The standard InChI is InChI=1S/C16H18ClNS/c1-11(14-9-10-15(17)19-14)18-16(13-7-8-13)12-5-3-2-4-6-12/h2-6,9-11,13,16,18H,7-8H2,1H3. The Balaban J connectivity index is 1.75. The summed E-state index contributed by atoms with van der Waals surface area (Å²) >= 11 is 7.69. The molecule has 2 atom stereocenters. The monoisotopic (exact) mass is 291 g/mol. The molecule has 0 aliphatic heterocycles. The molecule has 1 aliphatic rings. The molecule has 1 aromatic carbocycles. The van der Waals surface area contributed by atoms with Crippen LogP contribution in [-0.2, 0) is 0 Å². The first-order valence-corrected chi connectivity index (χ1v) is 7.99. The van der Waals surface area contributed by atoms with Crippen LogP contribution in [0.4, 0.5) is 0 Å². The quantitative estimate of drug-likeness (QED) is 0.798. The predicted molar refractivity (Wildman–Crippen MR) is 82.8 cm³/mol. The number of benzene rings is 1. The van der Waals surface area contributed by atoms with Gasteiger partial charge in [0, 0.05) is 17.0 Å². The summed E-state index contributed by atoms with van der Waals surface area (Å²) in [4.78, 5) is 1.31. The van der Waals surface area contributed by atoms with Crippen molar-refractivity contribution in [3.8, 4) is 0 Å². The lowest BCUT2D eigenvalue weighted by Gasteiger charge is -2.23. The molecule has 0 radical (unpaired) electrons. The lowest BCUT2D eigenvalue weighted by molar-refractivity contribution is 0.431. The van der Waals surface area contributed by atoms with Crippen LogP contribution in [0, 0.1) is 5.92 Å². The van der Waals surface area contributed by atoms with E-state index in [1.165, 1.54) is 23.3 Å². The number of thiophene rings is 1. The van der Waals surface area contributed by atoms with Gasteiger partial charge in [0.15, 0.2) is 0 Å². The first kappa shape index (κ1) is 13.2. The van der Waals surface area contributed by atoms with Crippen LogP contribution < -0.4 is 5.32 Å². The minimum atomic E-state index is 0.350. The van der Waals surface area contributed by atoms with Crippen molar-refractivity contribution in [2.75, 3.05) is 0 Å². The van der Waals surface area contributed by atoms with Crippen molar-refractivity contribution < 1.29 is 0 Å². The van der Waals surface area contributed by atoms with Gasteiger partial charge in [-0.25, -0.2) is 0 Å². The molecular weight excluding hydrogens is 274 g/mol. The zero-order valence-corrected chi connectivity index (χ0v) is 12.5. The SMILES string of the molecule is CC(NC(c1ccccc1)C1CC1)c1ccc(Cl)s1. The van der Waals surface area contributed by atoms with Crippen LogP contribution in [0.1, 0.15) is 42.3 Å². The van der Waals surface area contributed by atoms with Gasteiger partial charge < -0.3 is 5.32 Å². The van der Waals surface area contributed by atoms with Crippen molar-refractivity contribution in [2.45, 2.75) is 31.8 Å². The molecule has 0 bridgehead atoms. The van der Waals surface area contributed by atoms with E-state index in [4.69, 9.17) is 11.6 Å². The average molecular weight is 292 g/mol. The maximum atomic E-state index is 6.02. The smallest absolute Gasteiger partial charge is 0.0931 e. The van der Waals surface area contributed by atoms with Crippen LogP contribution in [0.15, 0.2) is 42.5 Å². The maximum absolute atomic E-state index is 6.02. The summed E-state index contributed by atoms with van der Waals surface area (Å²) < 4.78 is 0.867. The van der Waals surface area contributed by atoms with E-state index < -0.39 is 0 Å². The highest BCUT2D eigenvalue weighted by Crippen LogP contribution is 2.42. The van der Waals surface area contributed by atoms with Crippen LogP contribution in [0.3, 0.4) is 0 Å². The Labute approximate surface area is 123 Å². The summed E-state index contributed by atoms with van der Waals surface area (Å²) in [5.41, 5.74) is 1.40. The van der Waals surface area contributed by atoms with Crippen molar-refractivity contribution in [1.82, 2.24) is 5.32 Å². The van der Waals surface area contributed by atoms with Crippen molar-refractivity contribution in [2.24, 2.45) is 5.92 Å². The molecule has 19 heavy (non-hydrogen) atoms. The number of hydrogen-bond donors (Lipinski definition) is 1. The van der Waals surface area contributed by atoms with Crippen molar-refractivity contribution >= 4 is 22.9 Å². The molecule has 0 amide bonds. The van der Waals surface area contributed by atoms with E-state index in [2.05, 4.69) is 48.6 Å². The molecule has 2 aromatic rings. The average Bonchev–Trinajstić information content (AvgIpc) is 3.18. The topological polar surface area (TPSA) is 12.0 Å². The normalized spacial score (nSPS) is 18.2. The van der Waals surface area contributed by atoms with Gasteiger partial charge >= 0.3 is 0 Å². The van der Waals surface area contributed by atoms with Gasteiger partial charge in [-0.2, -0.15) is 0 Å². The van der Waals surface area contributed by atoms with Crippen molar-refractivity contribution in [1.29, 1.82) is 0 Å². The fraction of sp³-hybridized carbons (Fsp3) is 0.375. The largest absolute Gasteiger partial charge is 0.302 e. The van der Waals surface area contributed by atoms with E-state index in [0.717, 1.165) is 10.3 Å². The lowest BCUT2D eigenvalue weighted by atomic mass is 10.0. The van der Waals surface area contributed by atoms with Gasteiger partial charge in [0.1, 0.15) is 0 Å². The summed E-state index contributed by atoms with van der Waals surface area (Å²) in [5.74, 6) is 0.792. The van der Waals surface area contributed by atoms with Gasteiger partial charge in [0.05, 0.1) is 4.34 Å². The summed E-state index contributed by atoms with van der Waals surface area (Å²) in [6.07, 6.45) is 2.68. The van der Waals surface area contributed by atoms with Gasteiger partial charge in [0.2, 0.25) is 0 Å². The molecule has 1 aromatic heterocycles. The third-order valence-corrected chi connectivity index (χ3v) is 5.12. The van der Waals surface area contributed by atoms with Crippen molar-refractivity contribution in [3.63, 3.8) is 0 Å². The second-order valence-corrected chi connectivity index (χ2v) is 7.00. The van der Waals surface area contributed by atoms with E-state index in [-0.39, 0.29) is 0 Å². The van der Waals surface area contributed by atoms with E-state index in [0.29, 0.717) is 12.1 Å². The Bertz CT molecular complexity index is 533. The van der Waals surface area contributed by atoms with Crippen LogP contribution in [-0.4, -0.2) is 0 Å². The number of rotatable bonds is 5. The molecule has 1 aliphatic carbocycles. The molecule has 100 valence electrons. The highest BCUT2D eigenvalue weighted by Gasteiger charge is 2.33. The zero-order chi connectivity index (χ0) is 13.2. The fourth-order valence-corrected chi connectivity index (χ4v) is 3.58. The van der Waals surface area contributed by atoms with E-state index in [9.17, 15) is 0 Å². The second kappa shape index (κ2) is 5.66. The highest BCUT2D eigenvalue weighted by molar-refractivity contribution is 7.16. The molecule has 0 saturated heterocycles. The van der Waals surface area contributed by atoms with E-state index >= 15 is 0 Å². The van der Waals surface area contributed by atoms with Gasteiger partial charge in [0.25, 0.3) is 0 Å². The summed E-state index contributed by atoms with van der Waals surface area (Å²) in [5, 5.41) is 3.78. The molecule has 1 fully saturated rings. The lowest BCUT2D eigenvalue weighted by Crippen LogP contribution is -2.25. The Hall–Kier alpha value is -0.830. The number of nitrogens with one attached hydrogen (secondary N) is 1. The molecule has 2 unspecified atom stereocenters. The van der Waals surface area contributed by atoms with Crippen LogP contribution in [0.25, 0.3) is 0 Å². The predicted octanol–water partition coefficient (Wildman–Crippen LogP) is 5.20. The van der Waals surface area contributed by atoms with Gasteiger partial charge in [-0.1, -0.05) is 41.9 Å². The van der Waals surface area contributed by atoms with Gasteiger partial charge in [-0.15, -0.1) is 11.3 Å². The van der Waals surface area contributed by atoms with Crippen LogP contribution in [0.2, 0.25) is 4.34 Å². The summed E-state index contributed by atoms with van der Waals surface area (Å²) in [6.45, 7) is 2.22. The van der Waals surface area contributed by atoms with Crippen molar-refractivity contribution in [3.05, 3.63) is 57.2 Å². The Morgan fingerprint density at radius 1 is 1.16 bits per heavy atom. The molecule has 1 nitrogen and oxygen atoms in total. The first-order chi connectivity index (χ1) is 9.24. The second-order valence-electron chi connectivity index (χ2n) is 5.26. The number of hydrogen-bond acceptors (Lipinski definition) is 2. The molecular formula is C16H18ClNS. The summed E-state index contributed by atoms with van der Waals surface area (Å²) in [7, 11) is 0. The molecule has 3 rings (SSSR count). The Morgan fingerprint density at radius 3 is 2.47 bits per heavy atom. The summed E-state index contributed by atoms with van der Waals surface area (Å²) in [6, 6.07) is 15.7. The van der Waals surface area contributed by atoms with E-state index in [1.807, 2.05) is 6.07 Å². The van der Waals surface area contributed by atoms with E-state index in [1.54, 1.807) is 11.3 Å². The molecule has 1 saturated carbocycles. The molecule has 3 heteroatoms. The third-order valence-electron chi connectivity index (χ3n) is 3.70. The minimum Gasteiger partial charge on any atom is -0.302 e. The Morgan fingerprint density at radius 2 is 1.89 bits per heavy atom. The minimum absolute atomic E-state index is 0.350. The molecule has 1 N–H and O–H groups in total. The zero-order valence-electron chi connectivity index (χ0n) is 11.0. The van der Waals surface area contributed by atoms with Gasteiger partial charge in [-0.3, -0.25) is 0 Å². The first-order valence-electron chi connectivity index (χ1n) is 6.80. The molecule has 0 spiro atoms. The Kier molecular flexibility index (Phi) is 3.92. The fourth-order valence-electron chi connectivity index (χ4n) is 2.51. The van der Waals surface area contributed by atoms with Gasteiger partial charge in [-0.05, 0) is 43.4 Å². The van der Waals surface area contributed by atoms with Crippen LogP contribution >= 0.6 is 22.9 Å². The molecule has 1 heterocycles. The highest BCUT2D eigenvalue weighted by atomic mass is 35.5. The third kappa shape index (κ3) is 3.19. The number of halogens is 1. The maximum Gasteiger partial charge on any atom is 0.0931 e.